The molecule has 2 amide bonds. The fourth-order valence-corrected chi connectivity index (χ4v) is 3.37. The second-order valence-corrected chi connectivity index (χ2v) is 6.60. The van der Waals surface area contributed by atoms with E-state index in [9.17, 15) is 9.59 Å². The van der Waals surface area contributed by atoms with E-state index >= 15 is 0 Å². The summed E-state index contributed by atoms with van der Waals surface area (Å²) in [6.45, 7) is 6.51. The average Bonchev–Trinajstić information content (AvgIpc) is 2.86. The van der Waals surface area contributed by atoms with Crippen LogP contribution < -0.4 is 15.0 Å². The van der Waals surface area contributed by atoms with Crippen LogP contribution in [-0.4, -0.2) is 25.0 Å². The minimum absolute atomic E-state index is 0.0830. The number of nitrogens with zero attached hydrogens (tertiary/aromatic N) is 1. The zero-order valence-electron chi connectivity index (χ0n) is 15.4. The maximum atomic E-state index is 12.8. The Kier molecular flexibility index (Phi) is 5.26. The zero-order chi connectivity index (χ0) is 18.7. The Labute approximate surface area is 154 Å². The molecule has 136 valence electrons. The third-order valence-corrected chi connectivity index (χ3v) is 4.59. The van der Waals surface area contributed by atoms with Gasteiger partial charge in [0.15, 0.2) is 0 Å². The van der Waals surface area contributed by atoms with Crippen LogP contribution in [0.5, 0.6) is 5.75 Å². The molecule has 0 unspecified atom stereocenters. The lowest BCUT2D eigenvalue weighted by Gasteiger charge is -2.20. The van der Waals surface area contributed by atoms with Gasteiger partial charge in [0.2, 0.25) is 5.91 Å². The quantitative estimate of drug-likeness (QED) is 0.812. The Bertz CT molecular complexity index is 832. The van der Waals surface area contributed by atoms with Crippen molar-refractivity contribution >= 4 is 17.5 Å². The van der Waals surface area contributed by atoms with Crippen LogP contribution >= 0.6 is 0 Å². The van der Waals surface area contributed by atoms with Gasteiger partial charge in [0.05, 0.1) is 12.3 Å². The topological polar surface area (TPSA) is 58.6 Å². The molecule has 1 N–H and O–H groups in total. The van der Waals surface area contributed by atoms with Crippen LogP contribution in [0.15, 0.2) is 42.5 Å². The summed E-state index contributed by atoms with van der Waals surface area (Å²) in [4.78, 5) is 26.1. The highest BCUT2D eigenvalue weighted by Gasteiger charge is 2.38. The zero-order valence-corrected chi connectivity index (χ0v) is 15.4. The number of para-hydroxylation sites is 2. The van der Waals surface area contributed by atoms with Crippen LogP contribution in [0.25, 0.3) is 0 Å². The molecule has 0 spiro atoms. The molecule has 5 nitrogen and oxygen atoms in total. The SMILES string of the molecule is CC(=O)N[C@@H]1C(=O)N(CCCOc2ccccc2C)c2c(C)cccc21. The van der Waals surface area contributed by atoms with E-state index in [0.717, 1.165) is 28.1 Å². The number of ether oxygens (including phenoxy) is 1. The van der Waals surface area contributed by atoms with Gasteiger partial charge in [0.25, 0.3) is 5.91 Å². The smallest absolute Gasteiger partial charge is 0.254 e. The Hall–Kier alpha value is -2.82. The molecule has 0 fully saturated rings. The van der Waals surface area contributed by atoms with Crippen molar-refractivity contribution in [1.82, 2.24) is 5.32 Å². The van der Waals surface area contributed by atoms with Gasteiger partial charge in [-0.15, -0.1) is 0 Å². The first kappa shape index (κ1) is 18.0. The highest BCUT2D eigenvalue weighted by Crippen LogP contribution is 2.38. The Morgan fingerprint density at radius 2 is 1.85 bits per heavy atom. The van der Waals surface area contributed by atoms with Crippen LogP contribution in [0, 0.1) is 13.8 Å². The number of benzene rings is 2. The van der Waals surface area contributed by atoms with Crippen molar-refractivity contribution < 1.29 is 14.3 Å². The fraction of sp³-hybridized carbons (Fsp3) is 0.333. The van der Waals surface area contributed by atoms with Crippen molar-refractivity contribution in [3.8, 4) is 5.75 Å². The molecule has 1 aliphatic heterocycles. The first-order chi connectivity index (χ1) is 12.5. The molecule has 1 aliphatic rings. The standard InChI is InChI=1S/C21H24N2O3/c1-14-8-4-5-11-18(14)26-13-7-12-23-20-15(2)9-6-10-17(20)19(21(23)25)22-16(3)24/h4-6,8-11,19H,7,12-13H2,1-3H3,(H,22,24)/t19-/m0/s1. The highest BCUT2D eigenvalue weighted by atomic mass is 16.5. The number of carbonyl (C=O) groups excluding carboxylic acids is 2. The summed E-state index contributed by atoms with van der Waals surface area (Å²) in [6.07, 6.45) is 0.709. The summed E-state index contributed by atoms with van der Waals surface area (Å²) < 4.78 is 5.83. The predicted octanol–water partition coefficient (Wildman–Crippen LogP) is 3.30. The van der Waals surface area contributed by atoms with E-state index in [-0.39, 0.29) is 11.8 Å². The molecular formula is C21H24N2O3. The number of hydrogen-bond acceptors (Lipinski definition) is 3. The van der Waals surface area contributed by atoms with Crippen molar-refractivity contribution in [1.29, 1.82) is 0 Å². The molecule has 0 radical (unpaired) electrons. The van der Waals surface area contributed by atoms with Crippen molar-refractivity contribution in [2.24, 2.45) is 0 Å². The van der Waals surface area contributed by atoms with Crippen molar-refractivity contribution in [3.05, 3.63) is 59.2 Å². The number of aryl methyl sites for hydroxylation is 2. The molecule has 0 aliphatic carbocycles. The molecule has 2 aromatic carbocycles. The van der Waals surface area contributed by atoms with Crippen molar-refractivity contribution in [2.75, 3.05) is 18.1 Å². The molecular weight excluding hydrogens is 328 g/mol. The van der Waals surface area contributed by atoms with E-state index in [1.54, 1.807) is 4.90 Å². The molecule has 1 heterocycles. The summed E-state index contributed by atoms with van der Waals surface area (Å²) in [6, 6.07) is 13.1. The normalized spacial score (nSPS) is 15.7. The van der Waals surface area contributed by atoms with Gasteiger partial charge in [0, 0.05) is 19.0 Å². The van der Waals surface area contributed by atoms with Crippen LogP contribution in [-0.2, 0) is 9.59 Å². The molecule has 3 rings (SSSR count). The van der Waals surface area contributed by atoms with Gasteiger partial charge in [-0.05, 0) is 37.5 Å². The highest BCUT2D eigenvalue weighted by molar-refractivity contribution is 6.06. The Morgan fingerprint density at radius 1 is 1.12 bits per heavy atom. The lowest BCUT2D eigenvalue weighted by Crippen LogP contribution is -2.37. The Balaban J connectivity index is 1.69. The number of fused-ring (bicyclic) bond motifs is 1. The van der Waals surface area contributed by atoms with Gasteiger partial charge < -0.3 is 15.0 Å². The number of carbonyl (C=O) groups is 2. The predicted molar refractivity (Wildman–Crippen MR) is 101 cm³/mol. The van der Waals surface area contributed by atoms with Crippen LogP contribution in [0.1, 0.15) is 36.1 Å². The molecule has 0 saturated carbocycles. The summed E-state index contributed by atoms with van der Waals surface area (Å²) in [5, 5.41) is 2.77. The number of nitrogens with one attached hydrogen (secondary N) is 1. The summed E-state index contributed by atoms with van der Waals surface area (Å²) in [5.41, 5.74) is 3.90. The van der Waals surface area contributed by atoms with Gasteiger partial charge in [-0.3, -0.25) is 9.59 Å². The maximum Gasteiger partial charge on any atom is 0.254 e. The van der Waals surface area contributed by atoms with E-state index in [1.807, 2.05) is 56.3 Å². The summed E-state index contributed by atoms with van der Waals surface area (Å²) in [5.74, 6) is 0.578. The number of hydrogen-bond donors (Lipinski definition) is 1. The minimum Gasteiger partial charge on any atom is -0.493 e. The molecule has 26 heavy (non-hydrogen) atoms. The first-order valence-corrected chi connectivity index (χ1v) is 8.85. The van der Waals surface area contributed by atoms with E-state index in [1.165, 1.54) is 6.92 Å². The lowest BCUT2D eigenvalue weighted by atomic mass is 10.1. The average molecular weight is 352 g/mol. The summed E-state index contributed by atoms with van der Waals surface area (Å²) >= 11 is 0. The van der Waals surface area contributed by atoms with Crippen molar-refractivity contribution in [3.63, 3.8) is 0 Å². The number of amides is 2. The van der Waals surface area contributed by atoms with Crippen LogP contribution in [0.3, 0.4) is 0 Å². The van der Waals surface area contributed by atoms with Gasteiger partial charge >= 0.3 is 0 Å². The van der Waals surface area contributed by atoms with E-state index in [4.69, 9.17) is 4.74 Å². The molecule has 0 aromatic heterocycles. The Morgan fingerprint density at radius 3 is 2.58 bits per heavy atom. The van der Waals surface area contributed by atoms with E-state index in [0.29, 0.717) is 19.6 Å². The summed E-state index contributed by atoms with van der Waals surface area (Å²) in [7, 11) is 0. The fourth-order valence-electron chi connectivity index (χ4n) is 3.37. The van der Waals surface area contributed by atoms with E-state index < -0.39 is 6.04 Å². The molecule has 5 heteroatoms. The van der Waals surface area contributed by atoms with Gasteiger partial charge in [-0.2, -0.15) is 0 Å². The number of anilines is 1. The van der Waals surface area contributed by atoms with Crippen molar-refractivity contribution in [2.45, 2.75) is 33.2 Å². The van der Waals surface area contributed by atoms with E-state index in [2.05, 4.69) is 5.32 Å². The second kappa shape index (κ2) is 7.60. The largest absolute Gasteiger partial charge is 0.493 e. The third-order valence-electron chi connectivity index (χ3n) is 4.59. The van der Waals surface area contributed by atoms with Crippen LogP contribution in [0.4, 0.5) is 5.69 Å². The molecule has 0 bridgehead atoms. The van der Waals surface area contributed by atoms with Gasteiger partial charge in [-0.1, -0.05) is 36.4 Å². The first-order valence-electron chi connectivity index (χ1n) is 8.85. The maximum absolute atomic E-state index is 12.8. The third kappa shape index (κ3) is 3.57. The number of rotatable bonds is 6. The van der Waals surface area contributed by atoms with Gasteiger partial charge in [0.1, 0.15) is 11.8 Å². The minimum atomic E-state index is -0.598. The molecule has 2 aromatic rings. The monoisotopic (exact) mass is 352 g/mol. The lowest BCUT2D eigenvalue weighted by molar-refractivity contribution is -0.126. The van der Waals surface area contributed by atoms with Gasteiger partial charge in [-0.25, -0.2) is 0 Å². The second-order valence-electron chi connectivity index (χ2n) is 6.60. The molecule has 0 saturated heterocycles. The molecule has 1 atom stereocenters. The van der Waals surface area contributed by atoms with Crippen LogP contribution in [0.2, 0.25) is 0 Å².